The van der Waals surface area contributed by atoms with E-state index in [1.165, 1.54) is 11.1 Å². The third-order valence-corrected chi connectivity index (χ3v) is 8.67. The lowest BCUT2D eigenvalue weighted by Crippen LogP contribution is -2.53. The minimum atomic E-state index is 0.0682. The first-order valence-electron chi connectivity index (χ1n) is 15.3. The summed E-state index contributed by atoms with van der Waals surface area (Å²) in [5.41, 5.74) is 10.7. The predicted octanol–water partition coefficient (Wildman–Crippen LogP) is 8.61. The molecule has 0 atom stereocenters. The maximum Gasteiger partial charge on any atom is 0.230 e. The van der Waals surface area contributed by atoms with Gasteiger partial charge >= 0.3 is 0 Å². The second kappa shape index (κ2) is 13.5. The number of ether oxygens (including phenoxy) is 1. The molecule has 44 heavy (non-hydrogen) atoms. The van der Waals surface area contributed by atoms with E-state index in [1.807, 2.05) is 42.2 Å². The second-order valence-corrected chi connectivity index (χ2v) is 11.9. The van der Waals surface area contributed by atoms with Crippen LogP contribution >= 0.6 is 11.6 Å². The quantitative estimate of drug-likeness (QED) is 0.243. The summed E-state index contributed by atoms with van der Waals surface area (Å²) in [7, 11) is 0. The molecule has 2 heterocycles. The van der Waals surface area contributed by atoms with Crippen LogP contribution in [0.15, 0.2) is 126 Å². The van der Waals surface area contributed by atoms with Gasteiger partial charge in [-0.1, -0.05) is 121 Å². The molecule has 0 spiro atoms. The summed E-state index contributed by atoms with van der Waals surface area (Å²) in [5.74, 6) is 1.22. The van der Waals surface area contributed by atoms with Crippen molar-refractivity contribution in [3.8, 4) is 0 Å². The number of carbonyl (C=O) groups excluding carboxylic acids is 1. The van der Waals surface area contributed by atoms with Crippen molar-refractivity contribution in [1.82, 2.24) is 9.80 Å². The van der Waals surface area contributed by atoms with Crippen molar-refractivity contribution in [2.45, 2.75) is 25.8 Å². The maximum absolute atomic E-state index is 13.5. The molecular weight excluding hydrogens is 564 g/mol. The van der Waals surface area contributed by atoms with Gasteiger partial charge in [-0.05, 0) is 46.9 Å². The van der Waals surface area contributed by atoms with Crippen molar-refractivity contribution in [3.05, 3.63) is 154 Å². The Morgan fingerprint density at radius 1 is 1.00 bits per heavy atom. The van der Waals surface area contributed by atoms with E-state index in [1.54, 1.807) is 0 Å². The normalized spacial score (nSPS) is 20.2. The van der Waals surface area contributed by atoms with Crippen LogP contribution in [-0.2, 0) is 9.53 Å². The number of rotatable bonds is 8. The SMILES string of the molecule is C=Cc1c(/C=C\C)cccc1C1=C=C(Cl)/C=C2\C/C(=C\1)OCCC(=O)N2CC1CN(C(c2ccccc2)c2ccccc2)C1. The highest BCUT2D eigenvalue weighted by Crippen LogP contribution is 2.36. The van der Waals surface area contributed by atoms with E-state index >= 15 is 0 Å². The van der Waals surface area contributed by atoms with Crippen LogP contribution in [0.2, 0.25) is 0 Å². The molecule has 5 heteroatoms. The van der Waals surface area contributed by atoms with Crippen LogP contribution < -0.4 is 0 Å². The van der Waals surface area contributed by atoms with Crippen molar-refractivity contribution in [3.63, 3.8) is 0 Å². The smallest absolute Gasteiger partial charge is 0.230 e. The van der Waals surface area contributed by atoms with Crippen LogP contribution in [0, 0.1) is 5.92 Å². The molecule has 1 aliphatic carbocycles. The number of allylic oxidation sites excluding steroid dienone is 4. The summed E-state index contributed by atoms with van der Waals surface area (Å²) < 4.78 is 6.15. The number of hydrogen-bond acceptors (Lipinski definition) is 3. The molecule has 2 bridgehead atoms. The first-order chi connectivity index (χ1) is 21.5. The van der Waals surface area contributed by atoms with Gasteiger partial charge in [0.1, 0.15) is 5.76 Å². The van der Waals surface area contributed by atoms with E-state index in [0.29, 0.717) is 36.9 Å². The molecule has 3 aliphatic rings. The van der Waals surface area contributed by atoms with E-state index in [4.69, 9.17) is 16.3 Å². The highest BCUT2D eigenvalue weighted by Gasteiger charge is 2.37. The molecule has 3 aromatic carbocycles. The molecule has 2 saturated heterocycles. The zero-order valence-corrected chi connectivity index (χ0v) is 25.8. The lowest BCUT2D eigenvalue weighted by molar-refractivity contribution is -0.132. The first kappa shape index (κ1) is 29.7. The average molecular weight is 601 g/mol. The third-order valence-electron chi connectivity index (χ3n) is 8.46. The van der Waals surface area contributed by atoms with E-state index < -0.39 is 0 Å². The number of benzene rings is 3. The lowest BCUT2D eigenvalue weighted by atomic mass is 9.89. The van der Waals surface area contributed by atoms with Crippen LogP contribution in [0.3, 0.4) is 0 Å². The molecule has 1 amide bonds. The number of fused-ring (bicyclic) bond motifs is 2. The van der Waals surface area contributed by atoms with Crippen LogP contribution in [0.1, 0.15) is 53.6 Å². The molecule has 0 saturated carbocycles. The molecule has 2 aliphatic heterocycles. The summed E-state index contributed by atoms with van der Waals surface area (Å²) >= 11 is 6.82. The molecule has 3 aromatic rings. The van der Waals surface area contributed by atoms with Crippen LogP contribution in [0.4, 0.5) is 0 Å². The molecule has 6 rings (SSSR count). The minimum absolute atomic E-state index is 0.0682. The minimum Gasteiger partial charge on any atom is -0.497 e. The van der Waals surface area contributed by atoms with Gasteiger partial charge in [-0.25, -0.2) is 0 Å². The number of halogens is 1. The molecule has 0 aromatic heterocycles. The van der Waals surface area contributed by atoms with Gasteiger partial charge in [0, 0.05) is 43.2 Å². The van der Waals surface area contributed by atoms with Crippen molar-refractivity contribution in [1.29, 1.82) is 0 Å². The molecular formula is C39H37ClN2O2. The van der Waals surface area contributed by atoms with E-state index in [0.717, 1.165) is 46.8 Å². The second-order valence-electron chi connectivity index (χ2n) is 11.5. The molecule has 4 nitrogen and oxygen atoms in total. The third kappa shape index (κ3) is 6.44. The topological polar surface area (TPSA) is 32.8 Å². The van der Waals surface area contributed by atoms with Gasteiger partial charge in [-0.3, -0.25) is 9.69 Å². The highest BCUT2D eigenvalue weighted by molar-refractivity contribution is 6.31. The molecule has 0 radical (unpaired) electrons. The Kier molecular flexibility index (Phi) is 9.14. The maximum atomic E-state index is 13.5. The fourth-order valence-corrected chi connectivity index (χ4v) is 6.66. The van der Waals surface area contributed by atoms with Gasteiger partial charge in [0.05, 0.1) is 24.1 Å². The Bertz CT molecular complexity index is 1650. The monoisotopic (exact) mass is 600 g/mol. The number of nitrogens with zero attached hydrogens (tertiary/aromatic N) is 2. The first-order valence-corrected chi connectivity index (χ1v) is 15.6. The van der Waals surface area contributed by atoms with Gasteiger partial charge in [-0.2, -0.15) is 0 Å². The Labute approximate surface area is 265 Å². The number of hydrogen-bond donors (Lipinski definition) is 0. The van der Waals surface area contributed by atoms with Crippen LogP contribution in [-0.4, -0.2) is 41.9 Å². The van der Waals surface area contributed by atoms with Crippen molar-refractivity contribution in [2.24, 2.45) is 5.92 Å². The Morgan fingerprint density at radius 2 is 1.70 bits per heavy atom. The molecule has 0 unspecified atom stereocenters. The van der Waals surface area contributed by atoms with Gasteiger partial charge in [0.25, 0.3) is 0 Å². The number of amides is 1. The fourth-order valence-electron chi connectivity index (χ4n) is 6.43. The molecule has 2 fully saturated rings. The summed E-state index contributed by atoms with van der Waals surface area (Å²) in [6, 6.07) is 27.7. The number of likely N-dealkylation sites (tertiary alicyclic amines) is 1. The van der Waals surface area contributed by atoms with Crippen LogP contribution in [0.25, 0.3) is 17.7 Å². The largest absolute Gasteiger partial charge is 0.497 e. The average Bonchev–Trinajstić information content (AvgIpc) is 3.00. The Hall–Kier alpha value is -4.34. The van der Waals surface area contributed by atoms with E-state index in [2.05, 4.69) is 96.1 Å². The summed E-state index contributed by atoms with van der Waals surface area (Å²) in [5, 5.41) is 0.457. The van der Waals surface area contributed by atoms with Crippen LogP contribution in [0.5, 0.6) is 0 Å². The molecule has 222 valence electrons. The van der Waals surface area contributed by atoms with E-state index in [-0.39, 0.29) is 11.9 Å². The van der Waals surface area contributed by atoms with Gasteiger partial charge in [0.2, 0.25) is 5.91 Å². The zero-order valence-electron chi connectivity index (χ0n) is 25.1. The van der Waals surface area contributed by atoms with Gasteiger partial charge in [-0.15, -0.1) is 0 Å². The summed E-state index contributed by atoms with van der Waals surface area (Å²) in [4.78, 5) is 17.9. The standard InChI is InChI=1S/C39H37ClN2O2/c1-3-12-29-17-11-18-37(36(29)4-2)32-21-33(40)23-34-24-35(22-32)44-20-19-38(43)42(34)27-28-25-41(26-28)39(30-13-7-5-8-14-30)31-15-9-6-10-16-31/h3-18,22-23,28,39H,2,19-20,24-27H2,1H3/b12-3-,34-23+,35-22+. The lowest BCUT2D eigenvalue weighted by Gasteiger charge is -2.46. The fraction of sp³-hybridized carbons (Fsp3) is 0.231. The highest BCUT2D eigenvalue weighted by atomic mass is 35.5. The Balaban J connectivity index is 1.27. The number of carbonyl (C=O) groups is 1. The van der Waals surface area contributed by atoms with E-state index in [9.17, 15) is 4.79 Å². The van der Waals surface area contributed by atoms with Crippen molar-refractivity contribution in [2.75, 3.05) is 26.2 Å². The van der Waals surface area contributed by atoms with Crippen molar-refractivity contribution < 1.29 is 9.53 Å². The molecule has 0 N–H and O–H groups in total. The van der Waals surface area contributed by atoms with Crippen molar-refractivity contribution >= 4 is 35.2 Å². The zero-order chi connectivity index (χ0) is 30.5. The Morgan fingerprint density at radius 3 is 2.36 bits per heavy atom. The predicted molar refractivity (Wildman–Crippen MR) is 180 cm³/mol. The summed E-state index contributed by atoms with van der Waals surface area (Å²) in [6.45, 7) is 8.87. The summed E-state index contributed by atoms with van der Waals surface area (Å²) in [6.07, 6.45) is 10.7. The van der Waals surface area contributed by atoms with Gasteiger partial charge in [0.15, 0.2) is 0 Å². The van der Waals surface area contributed by atoms with Gasteiger partial charge < -0.3 is 9.64 Å².